The number of nitrogens with one attached hydrogen (secondary N) is 2. The number of nitrogens with zero attached hydrogens (tertiary/aromatic N) is 3. The van der Waals surface area contributed by atoms with Gasteiger partial charge < -0.3 is 15.4 Å². The Hall–Kier alpha value is -1.24. The number of anilines is 2. The van der Waals surface area contributed by atoms with E-state index in [1.54, 1.807) is 7.05 Å². The Labute approximate surface area is 124 Å². The summed E-state index contributed by atoms with van der Waals surface area (Å²) in [6, 6.07) is 0.375. The molecule has 1 fully saturated rings. The summed E-state index contributed by atoms with van der Waals surface area (Å²) < 4.78 is 5.83. The monoisotopic (exact) mass is 297 g/mol. The molecule has 1 saturated carbocycles. The average Bonchev–Trinajstić information content (AvgIpc) is 2.44. The second kappa shape index (κ2) is 6.97. The van der Waals surface area contributed by atoms with E-state index in [0.29, 0.717) is 29.3 Å². The Morgan fingerprint density at radius 2 is 2.00 bits per heavy atom. The number of rotatable bonds is 8. The molecule has 1 aliphatic carbocycles. The first-order valence-electron chi connectivity index (χ1n) is 7.07. The summed E-state index contributed by atoms with van der Waals surface area (Å²) in [4.78, 5) is 12.8. The van der Waals surface area contributed by atoms with E-state index in [-0.39, 0.29) is 0 Å². The molecule has 0 amide bonds. The van der Waals surface area contributed by atoms with E-state index in [1.165, 1.54) is 19.3 Å². The summed E-state index contributed by atoms with van der Waals surface area (Å²) in [6.45, 7) is 3.55. The molecule has 1 heterocycles. The minimum Gasteiger partial charge on any atom is -0.463 e. The van der Waals surface area contributed by atoms with Crippen molar-refractivity contribution in [2.75, 3.05) is 37.1 Å². The molecule has 2 N–H and O–H groups in total. The normalized spacial score (nSPS) is 16.4. The second-order valence-corrected chi connectivity index (χ2v) is 6.23. The lowest BCUT2D eigenvalue weighted by Crippen LogP contribution is -2.40. The van der Waals surface area contributed by atoms with Crippen LogP contribution in [0.3, 0.4) is 0 Å². The highest BCUT2D eigenvalue weighted by Gasteiger charge is 2.36. The van der Waals surface area contributed by atoms with E-state index in [4.69, 9.17) is 4.74 Å². The van der Waals surface area contributed by atoms with Crippen molar-refractivity contribution in [2.45, 2.75) is 37.4 Å². The van der Waals surface area contributed by atoms with Crippen molar-refractivity contribution in [3.63, 3.8) is 0 Å². The number of hydrogen-bond acceptors (Lipinski definition) is 7. The minimum absolute atomic E-state index is 0.344. The lowest BCUT2D eigenvalue weighted by molar-refractivity contribution is 0.292. The van der Waals surface area contributed by atoms with Crippen molar-refractivity contribution in [2.24, 2.45) is 0 Å². The molecule has 1 aromatic rings. The largest absolute Gasteiger partial charge is 0.463 e. The fourth-order valence-electron chi connectivity index (χ4n) is 2.07. The Morgan fingerprint density at radius 1 is 1.25 bits per heavy atom. The van der Waals surface area contributed by atoms with Crippen LogP contribution in [0.5, 0.6) is 6.01 Å². The fourth-order valence-corrected chi connectivity index (χ4v) is 2.98. The predicted molar refractivity (Wildman–Crippen MR) is 83.7 cm³/mol. The van der Waals surface area contributed by atoms with Crippen LogP contribution in [0.1, 0.15) is 32.6 Å². The van der Waals surface area contributed by atoms with E-state index >= 15 is 0 Å². The Kier molecular flexibility index (Phi) is 5.28. The van der Waals surface area contributed by atoms with Gasteiger partial charge in [-0.25, -0.2) is 0 Å². The SMILES string of the molecule is CCCOc1nc(NC)nc(NCC2(SC)CCC2)n1. The Bertz CT molecular complexity index is 433. The van der Waals surface area contributed by atoms with Gasteiger partial charge >= 0.3 is 6.01 Å². The van der Waals surface area contributed by atoms with Gasteiger partial charge in [-0.15, -0.1) is 0 Å². The first-order valence-corrected chi connectivity index (χ1v) is 8.29. The third-order valence-electron chi connectivity index (χ3n) is 3.54. The lowest BCUT2D eigenvalue weighted by atomic mass is 9.84. The summed E-state index contributed by atoms with van der Waals surface area (Å²) in [6.07, 6.45) is 6.92. The Balaban J connectivity index is 2.02. The number of aromatic nitrogens is 3. The van der Waals surface area contributed by atoms with Crippen LogP contribution in [-0.2, 0) is 0 Å². The molecule has 0 aliphatic heterocycles. The number of ether oxygens (including phenoxy) is 1. The van der Waals surface area contributed by atoms with Gasteiger partial charge in [0.05, 0.1) is 6.61 Å². The zero-order valence-electron chi connectivity index (χ0n) is 12.4. The molecule has 0 atom stereocenters. The summed E-state index contributed by atoms with van der Waals surface area (Å²) in [5.74, 6) is 1.11. The highest BCUT2D eigenvalue weighted by Crippen LogP contribution is 2.42. The van der Waals surface area contributed by atoms with Crippen molar-refractivity contribution in [3.05, 3.63) is 0 Å². The van der Waals surface area contributed by atoms with Crippen LogP contribution < -0.4 is 15.4 Å². The van der Waals surface area contributed by atoms with Crippen molar-refractivity contribution in [1.29, 1.82) is 0 Å². The van der Waals surface area contributed by atoms with Gasteiger partial charge in [0.2, 0.25) is 11.9 Å². The fraction of sp³-hybridized carbons (Fsp3) is 0.769. The molecule has 0 aromatic carbocycles. The van der Waals surface area contributed by atoms with Gasteiger partial charge in [-0.2, -0.15) is 26.7 Å². The minimum atomic E-state index is 0.344. The average molecular weight is 297 g/mol. The van der Waals surface area contributed by atoms with E-state index in [0.717, 1.165) is 13.0 Å². The molecule has 1 aliphatic rings. The lowest BCUT2D eigenvalue weighted by Gasteiger charge is -2.40. The number of thioether (sulfide) groups is 1. The van der Waals surface area contributed by atoms with Crippen molar-refractivity contribution in [1.82, 2.24) is 15.0 Å². The molecule has 0 saturated heterocycles. The van der Waals surface area contributed by atoms with E-state index < -0.39 is 0 Å². The standard InChI is InChI=1S/C13H23N5OS/c1-4-8-19-12-17-10(14-2)16-11(18-12)15-9-13(20-3)6-5-7-13/h4-9H2,1-3H3,(H2,14,15,16,17,18). The zero-order valence-corrected chi connectivity index (χ0v) is 13.2. The van der Waals surface area contributed by atoms with Crippen LogP contribution in [-0.4, -0.2) is 46.2 Å². The molecule has 0 spiro atoms. The zero-order chi connectivity index (χ0) is 14.4. The van der Waals surface area contributed by atoms with Gasteiger partial charge in [0.25, 0.3) is 0 Å². The van der Waals surface area contributed by atoms with Crippen molar-refractivity contribution >= 4 is 23.7 Å². The molecule has 0 unspecified atom stereocenters. The predicted octanol–water partition coefficient (Wildman–Crippen LogP) is 2.40. The summed E-state index contributed by atoms with van der Waals surface area (Å²) in [7, 11) is 1.79. The van der Waals surface area contributed by atoms with Crippen LogP contribution in [0.25, 0.3) is 0 Å². The van der Waals surface area contributed by atoms with Crippen LogP contribution in [0.2, 0.25) is 0 Å². The first kappa shape index (κ1) is 15.2. The third kappa shape index (κ3) is 3.65. The quantitative estimate of drug-likeness (QED) is 0.763. The molecule has 20 heavy (non-hydrogen) atoms. The summed E-state index contributed by atoms with van der Waals surface area (Å²) >= 11 is 1.93. The highest BCUT2D eigenvalue weighted by atomic mass is 32.2. The van der Waals surface area contributed by atoms with E-state index in [9.17, 15) is 0 Å². The van der Waals surface area contributed by atoms with Crippen molar-refractivity contribution in [3.8, 4) is 6.01 Å². The Morgan fingerprint density at radius 3 is 2.55 bits per heavy atom. The first-order chi connectivity index (χ1) is 9.71. The van der Waals surface area contributed by atoms with Crippen LogP contribution in [0, 0.1) is 0 Å². The van der Waals surface area contributed by atoms with Crippen LogP contribution in [0.15, 0.2) is 0 Å². The maximum absolute atomic E-state index is 5.49. The molecule has 0 bridgehead atoms. The summed E-state index contributed by atoms with van der Waals surface area (Å²) in [5, 5.41) is 6.26. The molecule has 1 aromatic heterocycles. The van der Waals surface area contributed by atoms with Crippen LogP contribution in [0.4, 0.5) is 11.9 Å². The van der Waals surface area contributed by atoms with Gasteiger partial charge in [0, 0.05) is 18.3 Å². The maximum atomic E-state index is 5.49. The molecular formula is C13H23N5OS. The third-order valence-corrected chi connectivity index (χ3v) is 4.96. The van der Waals surface area contributed by atoms with E-state index in [1.807, 2.05) is 11.8 Å². The van der Waals surface area contributed by atoms with Gasteiger partial charge in [-0.05, 0) is 25.5 Å². The molecule has 0 radical (unpaired) electrons. The molecule has 112 valence electrons. The topological polar surface area (TPSA) is 72.0 Å². The highest BCUT2D eigenvalue weighted by molar-refractivity contribution is 8.00. The molecule has 6 nitrogen and oxygen atoms in total. The van der Waals surface area contributed by atoms with Crippen LogP contribution >= 0.6 is 11.8 Å². The van der Waals surface area contributed by atoms with E-state index in [2.05, 4.69) is 38.8 Å². The van der Waals surface area contributed by atoms with Gasteiger partial charge in [-0.3, -0.25) is 0 Å². The molecule has 7 heteroatoms. The van der Waals surface area contributed by atoms with Gasteiger partial charge in [-0.1, -0.05) is 13.3 Å². The van der Waals surface area contributed by atoms with Crippen molar-refractivity contribution < 1.29 is 4.74 Å². The maximum Gasteiger partial charge on any atom is 0.323 e. The summed E-state index contributed by atoms with van der Waals surface area (Å²) in [5.41, 5.74) is 0. The molecular weight excluding hydrogens is 274 g/mol. The number of hydrogen-bond donors (Lipinski definition) is 2. The second-order valence-electron chi connectivity index (χ2n) is 4.96. The smallest absolute Gasteiger partial charge is 0.323 e. The molecule has 2 rings (SSSR count). The van der Waals surface area contributed by atoms with Gasteiger partial charge in [0.1, 0.15) is 0 Å². The van der Waals surface area contributed by atoms with Gasteiger partial charge in [0.15, 0.2) is 0 Å².